The summed E-state index contributed by atoms with van der Waals surface area (Å²) < 4.78 is 12.9. The number of carbonyl (C=O) groups excluding carboxylic acids is 1. The molecule has 1 atom stereocenters. The number of nitrogens with one attached hydrogen (secondary N) is 2. The Balaban J connectivity index is 1.63. The van der Waals surface area contributed by atoms with Crippen LogP contribution in [0.3, 0.4) is 0 Å². The van der Waals surface area contributed by atoms with E-state index in [-0.39, 0.29) is 17.8 Å². The quantitative estimate of drug-likeness (QED) is 0.738. The molecule has 1 unspecified atom stereocenters. The van der Waals surface area contributed by atoms with E-state index in [2.05, 4.69) is 20.6 Å². The minimum absolute atomic E-state index is 0.0418. The van der Waals surface area contributed by atoms with E-state index in [9.17, 15) is 9.18 Å². The van der Waals surface area contributed by atoms with Crippen LogP contribution in [0.4, 0.5) is 16.0 Å². The fourth-order valence-electron chi connectivity index (χ4n) is 2.28. The second kappa shape index (κ2) is 7.53. The lowest BCUT2D eigenvalue weighted by Gasteiger charge is -2.14. The molecule has 0 aliphatic heterocycles. The molecular formula is C19H17FN4O. The van der Waals surface area contributed by atoms with Crippen molar-refractivity contribution in [2.45, 2.75) is 13.0 Å². The Hall–Kier alpha value is -3.28. The summed E-state index contributed by atoms with van der Waals surface area (Å²) in [7, 11) is 0. The largest absolute Gasteiger partial charge is 0.348 e. The van der Waals surface area contributed by atoms with Gasteiger partial charge >= 0.3 is 0 Å². The molecule has 0 aliphatic carbocycles. The van der Waals surface area contributed by atoms with Gasteiger partial charge in [0.2, 0.25) is 5.95 Å². The van der Waals surface area contributed by atoms with E-state index >= 15 is 0 Å². The summed E-state index contributed by atoms with van der Waals surface area (Å²) in [5.41, 5.74) is 1.94. The highest BCUT2D eigenvalue weighted by Crippen LogP contribution is 2.16. The minimum Gasteiger partial charge on any atom is -0.348 e. The summed E-state index contributed by atoms with van der Waals surface area (Å²) in [4.78, 5) is 20.5. The molecule has 3 rings (SSSR count). The molecule has 1 amide bonds. The zero-order valence-corrected chi connectivity index (χ0v) is 13.6. The van der Waals surface area contributed by atoms with E-state index in [4.69, 9.17) is 0 Å². The van der Waals surface area contributed by atoms with Gasteiger partial charge in [0.25, 0.3) is 5.91 Å². The van der Waals surface area contributed by atoms with Crippen molar-refractivity contribution in [3.8, 4) is 0 Å². The molecular weight excluding hydrogens is 319 g/mol. The second-order valence-electron chi connectivity index (χ2n) is 5.53. The lowest BCUT2D eigenvalue weighted by Crippen LogP contribution is -2.14. The molecule has 3 aromatic rings. The number of amides is 1. The number of hydrogen-bond acceptors (Lipinski definition) is 4. The molecule has 5 nitrogen and oxygen atoms in total. The third kappa shape index (κ3) is 4.38. The van der Waals surface area contributed by atoms with Gasteiger partial charge in [-0.05, 0) is 36.8 Å². The molecule has 0 spiro atoms. The average molecular weight is 336 g/mol. The Labute approximate surface area is 145 Å². The molecule has 25 heavy (non-hydrogen) atoms. The van der Waals surface area contributed by atoms with E-state index in [0.29, 0.717) is 17.2 Å². The number of halogens is 1. The molecule has 0 saturated heterocycles. The highest BCUT2D eigenvalue weighted by atomic mass is 19.1. The highest BCUT2D eigenvalue weighted by molar-refractivity contribution is 6.03. The van der Waals surface area contributed by atoms with Crippen molar-refractivity contribution >= 4 is 17.5 Å². The van der Waals surface area contributed by atoms with Gasteiger partial charge in [-0.25, -0.2) is 14.4 Å². The van der Waals surface area contributed by atoms with Gasteiger partial charge in [-0.3, -0.25) is 4.79 Å². The molecule has 126 valence electrons. The van der Waals surface area contributed by atoms with Crippen LogP contribution in [0, 0.1) is 5.82 Å². The van der Waals surface area contributed by atoms with Crippen LogP contribution in [-0.4, -0.2) is 15.9 Å². The van der Waals surface area contributed by atoms with Crippen LogP contribution < -0.4 is 10.6 Å². The van der Waals surface area contributed by atoms with Crippen molar-refractivity contribution in [3.63, 3.8) is 0 Å². The van der Waals surface area contributed by atoms with Crippen LogP contribution in [0.1, 0.15) is 28.9 Å². The molecule has 0 radical (unpaired) electrons. The summed E-state index contributed by atoms with van der Waals surface area (Å²) in [5.74, 6) is -0.270. The van der Waals surface area contributed by atoms with E-state index < -0.39 is 0 Å². The van der Waals surface area contributed by atoms with Crippen LogP contribution >= 0.6 is 0 Å². The number of aromatic nitrogens is 2. The molecule has 1 heterocycles. The van der Waals surface area contributed by atoms with E-state index in [0.717, 1.165) is 5.56 Å². The molecule has 1 aromatic heterocycles. The Kier molecular flexibility index (Phi) is 4.99. The predicted molar refractivity (Wildman–Crippen MR) is 94.9 cm³/mol. The summed E-state index contributed by atoms with van der Waals surface area (Å²) in [6.07, 6.45) is 2.90. The number of anilines is 2. The van der Waals surface area contributed by atoms with Gasteiger partial charge in [-0.1, -0.05) is 30.3 Å². The zero-order valence-electron chi connectivity index (χ0n) is 13.6. The predicted octanol–water partition coefficient (Wildman–Crippen LogP) is 4.04. The van der Waals surface area contributed by atoms with Crippen molar-refractivity contribution in [2.24, 2.45) is 0 Å². The average Bonchev–Trinajstić information content (AvgIpc) is 2.65. The molecule has 0 saturated carbocycles. The fourth-order valence-corrected chi connectivity index (χ4v) is 2.28. The third-order valence-electron chi connectivity index (χ3n) is 3.66. The number of rotatable bonds is 5. The first kappa shape index (κ1) is 16.6. The van der Waals surface area contributed by atoms with Crippen molar-refractivity contribution in [2.75, 3.05) is 10.6 Å². The summed E-state index contributed by atoms with van der Waals surface area (Å²) >= 11 is 0. The SMILES string of the molecule is CC(Nc1ncc(C(=O)Nc2ccc(F)cc2)cn1)c1ccccc1. The van der Waals surface area contributed by atoms with Crippen molar-refractivity contribution < 1.29 is 9.18 Å². The summed E-state index contributed by atoms with van der Waals surface area (Å²) in [5, 5.41) is 5.85. The first-order chi connectivity index (χ1) is 12.1. The first-order valence-corrected chi connectivity index (χ1v) is 7.82. The van der Waals surface area contributed by atoms with Crippen molar-refractivity contribution in [3.05, 3.63) is 83.9 Å². The first-order valence-electron chi connectivity index (χ1n) is 7.82. The maximum atomic E-state index is 12.9. The monoisotopic (exact) mass is 336 g/mol. The van der Waals surface area contributed by atoms with E-state index in [1.807, 2.05) is 37.3 Å². The molecule has 2 N–H and O–H groups in total. The topological polar surface area (TPSA) is 66.9 Å². The van der Waals surface area contributed by atoms with Crippen LogP contribution in [0.5, 0.6) is 0 Å². The van der Waals surface area contributed by atoms with Gasteiger partial charge < -0.3 is 10.6 Å². The third-order valence-corrected chi connectivity index (χ3v) is 3.66. The van der Waals surface area contributed by atoms with Gasteiger partial charge in [-0.2, -0.15) is 0 Å². The lowest BCUT2D eigenvalue weighted by molar-refractivity contribution is 0.102. The van der Waals surface area contributed by atoms with Crippen LogP contribution in [-0.2, 0) is 0 Å². The second-order valence-corrected chi connectivity index (χ2v) is 5.53. The fraction of sp³-hybridized carbons (Fsp3) is 0.105. The molecule has 0 bridgehead atoms. The van der Waals surface area contributed by atoms with Crippen LogP contribution in [0.2, 0.25) is 0 Å². The summed E-state index contributed by atoms with van der Waals surface area (Å²) in [6.45, 7) is 2.01. The van der Waals surface area contributed by atoms with Gasteiger partial charge in [0.1, 0.15) is 5.82 Å². The smallest absolute Gasteiger partial charge is 0.258 e. The molecule has 0 aliphatic rings. The van der Waals surface area contributed by atoms with Crippen molar-refractivity contribution in [1.29, 1.82) is 0 Å². The van der Waals surface area contributed by atoms with Crippen LogP contribution in [0.15, 0.2) is 67.0 Å². The number of hydrogen-bond donors (Lipinski definition) is 2. The summed E-state index contributed by atoms with van der Waals surface area (Å²) in [6, 6.07) is 15.5. The van der Waals surface area contributed by atoms with Crippen molar-refractivity contribution in [1.82, 2.24) is 9.97 Å². The normalized spacial score (nSPS) is 11.6. The lowest BCUT2D eigenvalue weighted by atomic mass is 10.1. The Morgan fingerprint density at radius 1 is 1.00 bits per heavy atom. The molecule has 2 aromatic carbocycles. The minimum atomic E-state index is -0.357. The van der Waals surface area contributed by atoms with E-state index in [1.165, 1.54) is 36.7 Å². The molecule has 0 fully saturated rings. The Morgan fingerprint density at radius 3 is 2.28 bits per heavy atom. The molecule has 6 heteroatoms. The van der Waals surface area contributed by atoms with Gasteiger partial charge in [0.15, 0.2) is 0 Å². The van der Waals surface area contributed by atoms with Crippen LogP contribution in [0.25, 0.3) is 0 Å². The maximum absolute atomic E-state index is 12.9. The number of benzene rings is 2. The van der Waals surface area contributed by atoms with Gasteiger partial charge in [0.05, 0.1) is 11.6 Å². The van der Waals surface area contributed by atoms with Gasteiger partial charge in [-0.15, -0.1) is 0 Å². The number of carbonyl (C=O) groups is 1. The Bertz CT molecular complexity index is 836. The van der Waals surface area contributed by atoms with Gasteiger partial charge in [0, 0.05) is 18.1 Å². The standard InChI is InChI=1S/C19H17FN4O/c1-13(14-5-3-2-4-6-14)23-19-21-11-15(12-22-19)18(25)24-17-9-7-16(20)8-10-17/h2-13H,1H3,(H,24,25)(H,21,22,23). The zero-order chi connectivity index (χ0) is 17.6. The maximum Gasteiger partial charge on any atom is 0.258 e. The Morgan fingerprint density at radius 2 is 1.64 bits per heavy atom. The highest BCUT2D eigenvalue weighted by Gasteiger charge is 2.10. The number of nitrogens with zero attached hydrogens (tertiary/aromatic N) is 2. The van der Waals surface area contributed by atoms with E-state index in [1.54, 1.807) is 0 Å².